The van der Waals surface area contributed by atoms with Gasteiger partial charge in [-0.25, -0.2) is 4.39 Å². The molecule has 0 saturated carbocycles. The maximum atomic E-state index is 13.0. The van der Waals surface area contributed by atoms with Gasteiger partial charge in [0.05, 0.1) is 0 Å². The molecule has 0 unspecified atom stereocenters. The van der Waals surface area contributed by atoms with Crippen molar-refractivity contribution < 1.29 is 4.39 Å². The van der Waals surface area contributed by atoms with Crippen LogP contribution in [0.1, 0.15) is 12.5 Å². The lowest BCUT2D eigenvalue weighted by molar-refractivity contribution is 0.351. The van der Waals surface area contributed by atoms with E-state index in [0.29, 0.717) is 0 Å². The van der Waals surface area contributed by atoms with Gasteiger partial charge in [-0.3, -0.25) is 4.90 Å². The molecular formula is C14H19FN2. The number of rotatable bonds is 4. The number of hydrogen-bond acceptors (Lipinski definition) is 2. The second-order valence-corrected chi connectivity index (χ2v) is 4.79. The fourth-order valence-electron chi connectivity index (χ4n) is 2.07. The first-order valence-corrected chi connectivity index (χ1v) is 5.96. The summed E-state index contributed by atoms with van der Waals surface area (Å²) in [6.45, 7) is 5.97. The van der Waals surface area contributed by atoms with Gasteiger partial charge in [-0.2, -0.15) is 0 Å². The van der Waals surface area contributed by atoms with Gasteiger partial charge in [-0.05, 0) is 37.2 Å². The highest BCUT2D eigenvalue weighted by atomic mass is 19.1. The highest BCUT2D eigenvalue weighted by Crippen LogP contribution is 2.12. The van der Waals surface area contributed by atoms with Gasteiger partial charge in [-0.1, -0.05) is 17.7 Å². The van der Waals surface area contributed by atoms with Crippen LogP contribution in [-0.4, -0.2) is 31.6 Å². The molecule has 0 aromatic heterocycles. The molecule has 0 aliphatic carbocycles. The number of benzene rings is 1. The second-order valence-electron chi connectivity index (χ2n) is 4.79. The van der Waals surface area contributed by atoms with Crippen LogP contribution in [0.3, 0.4) is 0 Å². The third kappa shape index (κ3) is 3.38. The molecule has 1 aromatic carbocycles. The summed E-state index contributed by atoms with van der Waals surface area (Å²) in [5.41, 5.74) is 3.97. The number of hydrogen-bond donors (Lipinski definition) is 1. The van der Waals surface area contributed by atoms with Crippen LogP contribution in [0.25, 0.3) is 0 Å². The van der Waals surface area contributed by atoms with Crippen molar-refractivity contribution in [2.45, 2.75) is 13.5 Å². The molecular weight excluding hydrogens is 215 g/mol. The van der Waals surface area contributed by atoms with Crippen LogP contribution < -0.4 is 5.32 Å². The summed E-state index contributed by atoms with van der Waals surface area (Å²) in [6, 6.07) is 6.81. The van der Waals surface area contributed by atoms with Crippen LogP contribution in [-0.2, 0) is 6.54 Å². The smallest absolute Gasteiger partial charge is 0.123 e. The minimum absolute atomic E-state index is 0.158. The highest BCUT2D eigenvalue weighted by molar-refractivity contribution is 5.23. The molecule has 0 atom stereocenters. The Kier molecular flexibility index (Phi) is 3.92. The van der Waals surface area contributed by atoms with Crippen molar-refractivity contribution in [1.82, 2.24) is 10.2 Å². The molecule has 2 rings (SSSR count). The van der Waals surface area contributed by atoms with Crippen molar-refractivity contribution in [2.24, 2.45) is 0 Å². The fourth-order valence-corrected chi connectivity index (χ4v) is 2.07. The molecule has 1 fully saturated rings. The van der Waals surface area contributed by atoms with Gasteiger partial charge in [0.2, 0.25) is 0 Å². The van der Waals surface area contributed by atoms with E-state index in [0.717, 1.165) is 31.7 Å². The molecule has 3 heteroatoms. The van der Waals surface area contributed by atoms with Crippen molar-refractivity contribution >= 4 is 0 Å². The summed E-state index contributed by atoms with van der Waals surface area (Å²) in [7, 11) is 2.07. The standard InChI is InChI=1S/C14H19FN2/c1-11(13-7-16-8-13)9-17(2)10-12-4-3-5-14(15)6-12/h3-6,16H,7-10H2,1-2H3. The predicted octanol–water partition coefficient (Wildman–Crippen LogP) is 2.18. The topological polar surface area (TPSA) is 15.3 Å². The van der Waals surface area contributed by atoms with E-state index in [1.54, 1.807) is 12.1 Å². The molecule has 0 amide bonds. The van der Waals surface area contributed by atoms with E-state index in [2.05, 4.69) is 24.2 Å². The quantitative estimate of drug-likeness (QED) is 0.803. The molecule has 1 aromatic rings. The Balaban J connectivity index is 1.91. The van der Waals surface area contributed by atoms with Gasteiger partial charge in [-0.15, -0.1) is 0 Å². The largest absolute Gasteiger partial charge is 0.309 e. The minimum atomic E-state index is -0.158. The average Bonchev–Trinajstić information content (AvgIpc) is 2.13. The van der Waals surface area contributed by atoms with Crippen molar-refractivity contribution in [3.63, 3.8) is 0 Å². The zero-order valence-corrected chi connectivity index (χ0v) is 10.5. The van der Waals surface area contributed by atoms with Crippen molar-refractivity contribution in [1.29, 1.82) is 0 Å². The lowest BCUT2D eigenvalue weighted by Gasteiger charge is -2.25. The molecule has 17 heavy (non-hydrogen) atoms. The number of likely N-dealkylation sites (N-methyl/N-ethyl adjacent to an activating group) is 1. The van der Waals surface area contributed by atoms with E-state index >= 15 is 0 Å². The van der Waals surface area contributed by atoms with E-state index in [-0.39, 0.29) is 5.82 Å². The molecule has 92 valence electrons. The Morgan fingerprint density at radius 3 is 2.76 bits per heavy atom. The molecule has 1 N–H and O–H groups in total. The van der Waals surface area contributed by atoms with Gasteiger partial charge >= 0.3 is 0 Å². The van der Waals surface area contributed by atoms with Gasteiger partial charge in [0.15, 0.2) is 0 Å². The van der Waals surface area contributed by atoms with Crippen molar-refractivity contribution in [3.8, 4) is 0 Å². The fraction of sp³-hybridized carbons (Fsp3) is 0.429. The summed E-state index contributed by atoms with van der Waals surface area (Å²) in [5.74, 6) is -0.158. The van der Waals surface area contributed by atoms with E-state index in [4.69, 9.17) is 0 Å². The van der Waals surface area contributed by atoms with Gasteiger partial charge in [0.25, 0.3) is 0 Å². The Morgan fingerprint density at radius 1 is 1.41 bits per heavy atom. The summed E-state index contributed by atoms with van der Waals surface area (Å²) < 4.78 is 13.0. The van der Waals surface area contributed by atoms with Gasteiger partial charge in [0.1, 0.15) is 5.82 Å². The summed E-state index contributed by atoms with van der Waals surface area (Å²) in [5, 5.41) is 3.25. The van der Waals surface area contributed by atoms with Crippen LogP contribution in [0.2, 0.25) is 0 Å². The van der Waals surface area contributed by atoms with Gasteiger partial charge in [0, 0.05) is 26.2 Å². The normalized spacial score (nSPS) is 14.9. The molecule has 0 bridgehead atoms. The van der Waals surface area contributed by atoms with Crippen molar-refractivity contribution in [3.05, 3.63) is 46.8 Å². The maximum absolute atomic E-state index is 13.0. The molecule has 1 aliphatic heterocycles. The van der Waals surface area contributed by atoms with E-state index in [1.165, 1.54) is 17.2 Å². The van der Waals surface area contributed by atoms with Crippen molar-refractivity contribution in [2.75, 3.05) is 26.7 Å². The third-order valence-corrected chi connectivity index (χ3v) is 3.13. The van der Waals surface area contributed by atoms with Crippen LogP contribution in [0.4, 0.5) is 4.39 Å². The van der Waals surface area contributed by atoms with Gasteiger partial charge < -0.3 is 5.32 Å². The molecule has 0 radical (unpaired) electrons. The highest BCUT2D eigenvalue weighted by Gasteiger charge is 2.12. The Bertz CT molecular complexity index is 420. The first kappa shape index (κ1) is 12.3. The molecule has 2 nitrogen and oxygen atoms in total. The van der Waals surface area contributed by atoms with Crippen LogP contribution in [0.15, 0.2) is 35.4 Å². The molecule has 1 aliphatic rings. The van der Waals surface area contributed by atoms with Crippen LogP contribution >= 0.6 is 0 Å². The molecule has 0 spiro atoms. The van der Waals surface area contributed by atoms with E-state index in [1.807, 2.05) is 6.07 Å². The maximum Gasteiger partial charge on any atom is 0.123 e. The van der Waals surface area contributed by atoms with Crippen LogP contribution in [0, 0.1) is 5.82 Å². The first-order chi connectivity index (χ1) is 8.15. The minimum Gasteiger partial charge on any atom is -0.309 e. The zero-order chi connectivity index (χ0) is 12.3. The first-order valence-electron chi connectivity index (χ1n) is 5.96. The lowest BCUT2D eigenvalue weighted by atomic mass is 10.0. The monoisotopic (exact) mass is 234 g/mol. The lowest BCUT2D eigenvalue weighted by Crippen LogP contribution is -2.36. The Morgan fingerprint density at radius 2 is 2.18 bits per heavy atom. The summed E-state index contributed by atoms with van der Waals surface area (Å²) in [4.78, 5) is 2.22. The summed E-state index contributed by atoms with van der Waals surface area (Å²) in [6.07, 6.45) is 0. The third-order valence-electron chi connectivity index (χ3n) is 3.13. The predicted molar refractivity (Wildman–Crippen MR) is 68.3 cm³/mol. The summed E-state index contributed by atoms with van der Waals surface area (Å²) >= 11 is 0. The average molecular weight is 234 g/mol. The zero-order valence-electron chi connectivity index (χ0n) is 10.5. The molecule has 1 heterocycles. The Hall–Kier alpha value is -1.19. The SMILES string of the molecule is CC(CN(C)Cc1cccc(F)c1)=C1CNC1. The number of nitrogens with one attached hydrogen (secondary N) is 1. The number of halogens is 1. The van der Waals surface area contributed by atoms with Crippen LogP contribution in [0.5, 0.6) is 0 Å². The van der Waals surface area contributed by atoms with E-state index < -0.39 is 0 Å². The Labute approximate surface area is 102 Å². The molecule has 1 saturated heterocycles. The second kappa shape index (κ2) is 5.43. The van der Waals surface area contributed by atoms with E-state index in [9.17, 15) is 4.39 Å². The number of nitrogens with zero attached hydrogens (tertiary/aromatic N) is 1.